The van der Waals surface area contributed by atoms with Gasteiger partial charge in [0.15, 0.2) is 0 Å². The summed E-state index contributed by atoms with van der Waals surface area (Å²) >= 11 is 0. The first-order valence-corrected chi connectivity index (χ1v) is 3.43. The maximum atomic E-state index is 8.68. The summed E-state index contributed by atoms with van der Waals surface area (Å²) in [5.41, 5.74) is 1.18. The van der Waals surface area contributed by atoms with Crippen LogP contribution in [0.25, 0.3) is 0 Å². The lowest BCUT2D eigenvalue weighted by Crippen LogP contribution is -1.87. The quantitative estimate of drug-likeness (QED) is 0.671. The monoisotopic (exact) mass is 137 g/mol. The third kappa shape index (κ3) is 2.19. The minimum Gasteiger partial charge on any atom is -0.396 e. The molecule has 0 aliphatic heterocycles. The SMILES string of the molecule is [2H]C(O)CCc1ccccc1. The van der Waals surface area contributed by atoms with Gasteiger partial charge in [-0.05, 0) is 18.4 Å². The minimum atomic E-state index is -0.935. The molecule has 1 aromatic carbocycles. The van der Waals surface area contributed by atoms with E-state index < -0.39 is 6.58 Å². The Bertz CT molecular complexity index is 196. The van der Waals surface area contributed by atoms with E-state index >= 15 is 0 Å². The largest absolute Gasteiger partial charge is 0.396 e. The molecule has 0 aromatic heterocycles. The molecule has 1 atom stereocenters. The van der Waals surface area contributed by atoms with Crippen LogP contribution in [0, 0.1) is 0 Å². The van der Waals surface area contributed by atoms with Gasteiger partial charge >= 0.3 is 0 Å². The van der Waals surface area contributed by atoms with Crippen LogP contribution in [-0.4, -0.2) is 11.7 Å². The van der Waals surface area contributed by atoms with Crippen LogP contribution in [0.2, 0.25) is 0 Å². The lowest BCUT2D eigenvalue weighted by Gasteiger charge is -1.96. The van der Waals surface area contributed by atoms with Crippen LogP contribution in [0.1, 0.15) is 13.4 Å². The predicted molar refractivity (Wildman–Crippen MR) is 41.8 cm³/mol. The van der Waals surface area contributed by atoms with Gasteiger partial charge in [0.2, 0.25) is 0 Å². The third-order valence-electron chi connectivity index (χ3n) is 1.40. The Balaban J connectivity index is 2.39. The van der Waals surface area contributed by atoms with Crippen LogP contribution in [0.3, 0.4) is 0 Å². The molecule has 1 nitrogen and oxygen atoms in total. The van der Waals surface area contributed by atoms with Crippen LogP contribution in [0.15, 0.2) is 30.3 Å². The second-order valence-electron chi connectivity index (χ2n) is 2.21. The van der Waals surface area contributed by atoms with Gasteiger partial charge in [0, 0.05) is 6.58 Å². The van der Waals surface area contributed by atoms with Gasteiger partial charge in [0.25, 0.3) is 0 Å². The second kappa shape index (κ2) is 4.07. The summed E-state index contributed by atoms with van der Waals surface area (Å²) in [7, 11) is 0. The van der Waals surface area contributed by atoms with Crippen LogP contribution in [0.4, 0.5) is 0 Å². The molecule has 0 saturated heterocycles. The number of aryl methyl sites for hydroxylation is 1. The van der Waals surface area contributed by atoms with E-state index in [-0.39, 0.29) is 0 Å². The summed E-state index contributed by atoms with van der Waals surface area (Å²) in [4.78, 5) is 0. The van der Waals surface area contributed by atoms with Gasteiger partial charge in [-0.2, -0.15) is 0 Å². The number of aliphatic hydroxyl groups excluding tert-OH is 1. The van der Waals surface area contributed by atoms with Gasteiger partial charge in [-0.1, -0.05) is 30.3 Å². The Morgan fingerprint density at radius 3 is 2.60 bits per heavy atom. The van der Waals surface area contributed by atoms with Crippen LogP contribution >= 0.6 is 0 Å². The van der Waals surface area contributed by atoms with E-state index in [9.17, 15) is 0 Å². The van der Waals surface area contributed by atoms with E-state index in [4.69, 9.17) is 6.48 Å². The number of rotatable bonds is 3. The normalized spacial score (nSPS) is 14.3. The maximum absolute atomic E-state index is 8.68. The molecule has 54 valence electrons. The zero-order valence-electron chi connectivity index (χ0n) is 6.83. The van der Waals surface area contributed by atoms with Crippen molar-refractivity contribution in [1.82, 2.24) is 0 Å². The molecule has 0 fully saturated rings. The molecule has 1 aromatic rings. The van der Waals surface area contributed by atoms with Crippen molar-refractivity contribution in [3.05, 3.63) is 35.9 Å². The summed E-state index contributed by atoms with van der Waals surface area (Å²) in [6, 6.07) is 9.89. The third-order valence-corrected chi connectivity index (χ3v) is 1.40. The van der Waals surface area contributed by atoms with Gasteiger partial charge in [0.1, 0.15) is 0 Å². The van der Waals surface area contributed by atoms with Crippen LogP contribution in [0.5, 0.6) is 0 Å². The van der Waals surface area contributed by atoms with E-state index in [1.807, 2.05) is 30.3 Å². The molecule has 1 rings (SSSR count). The highest BCUT2D eigenvalue weighted by molar-refractivity contribution is 5.14. The molecule has 1 heteroatoms. The summed E-state index contributed by atoms with van der Waals surface area (Å²) < 4.78 is 6.88. The lowest BCUT2D eigenvalue weighted by molar-refractivity contribution is 0.288. The number of hydrogen-bond acceptors (Lipinski definition) is 1. The fourth-order valence-corrected chi connectivity index (χ4v) is 0.876. The van der Waals surface area contributed by atoms with Crippen LogP contribution in [-0.2, 0) is 6.42 Å². The van der Waals surface area contributed by atoms with E-state index in [1.165, 1.54) is 5.56 Å². The van der Waals surface area contributed by atoms with Crippen molar-refractivity contribution in [2.75, 3.05) is 6.58 Å². The highest BCUT2D eigenvalue weighted by Gasteiger charge is 1.87. The van der Waals surface area contributed by atoms with E-state index in [2.05, 4.69) is 0 Å². The smallest absolute Gasteiger partial charge is 0.0564 e. The molecule has 1 N–H and O–H groups in total. The Hall–Kier alpha value is -0.820. The Labute approximate surface area is 62.7 Å². The average Bonchev–Trinajstić information content (AvgIpc) is 2.03. The minimum absolute atomic E-state index is 0.518. The van der Waals surface area contributed by atoms with Gasteiger partial charge in [0.05, 0.1) is 1.37 Å². The molecule has 0 radical (unpaired) electrons. The Kier molecular flexibility index (Phi) is 2.41. The van der Waals surface area contributed by atoms with Crippen molar-refractivity contribution < 1.29 is 6.48 Å². The highest BCUT2D eigenvalue weighted by atomic mass is 16.2. The highest BCUT2D eigenvalue weighted by Crippen LogP contribution is 2.00. The Morgan fingerprint density at radius 2 is 2.00 bits per heavy atom. The molecule has 0 bridgehead atoms. The van der Waals surface area contributed by atoms with Gasteiger partial charge in [-0.25, -0.2) is 0 Å². The Morgan fingerprint density at radius 1 is 1.30 bits per heavy atom. The molecular weight excluding hydrogens is 124 g/mol. The second-order valence-corrected chi connectivity index (χ2v) is 2.21. The van der Waals surface area contributed by atoms with Gasteiger partial charge < -0.3 is 5.11 Å². The number of benzene rings is 1. The fourth-order valence-electron chi connectivity index (χ4n) is 0.876. The van der Waals surface area contributed by atoms with Crippen molar-refractivity contribution >= 4 is 0 Å². The first-order chi connectivity index (χ1) is 5.29. The first kappa shape index (κ1) is 5.93. The van der Waals surface area contributed by atoms with Crippen LogP contribution < -0.4 is 0 Å². The van der Waals surface area contributed by atoms with Crippen molar-refractivity contribution in [3.63, 3.8) is 0 Å². The number of aliphatic hydroxyl groups is 1. The maximum Gasteiger partial charge on any atom is 0.0564 e. The van der Waals surface area contributed by atoms with Gasteiger partial charge in [-0.15, -0.1) is 0 Å². The molecule has 1 unspecified atom stereocenters. The van der Waals surface area contributed by atoms with Crippen molar-refractivity contribution in [2.45, 2.75) is 12.8 Å². The zero-order chi connectivity index (χ0) is 8.10. The lowest BCUT2D eigenvalue weighted by atomic mass is 10.1. The standard InChI is InChI=1S/C9H12O/c10-8-4-7-9-5-2-1-3-6-9/h1-3,5-6,10H,4,7-8H2/i8D. The average molecular weight is 137 g/mol. The zero-order valence-corrected chi connectivity index (χ0v) is 5.83. The van der Waals surface area contributed by atoms with Gasteiger partial charge in [-0.3, -0.25) is 0 Å². The molecule has 0 aliphatic rings. The molecule has 0 spiro atoms. The van der Waals surface area contributed by atoms with Crippen molar-refractivity contribution in [1.29, 1.82) is 0 Å². The molecule has 0 aliphatic carbocycles. The number of hydrogen-bond donors (Lipinski definition) is 1. The molecule has 0 heterocycles. The van der Waals surface area contributed by atoms with Crippen molar-refractivity contribution in [2.24, 2.45) is 0 Å². The molecule has 0 saturated carbocycles. The summed E-state index contributed by atoms with van der Waals surface area (Å²) in [5.74, 6) is 0. The molecular formula is C9H12O. The summed E-state index contributed by atoms with van der Waals surface area (Å²) in [6.45, 7) is -0.935. The topological polar surface area (TPSA) is 20.2 Å². The van der Waals surface area contributed by atoms with E-state index in [1.54, 1.807) is 0 Å². The fraction of sp³-hybridized carbons (Fsp3) is 0.333. The summed E-state index contributed by atoms with van der Waals surface area (Å²) in [6.07, 6.45) is 1.30. The molecule has 0 amide bonds. The first-order valence-electron chi connectivity index (χ1n) is 4.01. The van der Waals surface area contributed by atoms with E-state index in [0.717, 1.165) is 6.42 Å². The summed E-state index contributed by atoms with van der Waals surface area (Å²) in [5, 5.41) is 8.68. The van der Waals surface area contributed by atoms with Crippen molar-refractivity contribution in [3.8, 4) is 0 Å². The predicted octanol–water partition coefficient (Wildman–Crippen LogP) is 1.61. The molecule has 10 heavy (non-hydrogen) atoms. The van der Waals surface area contributed by atoms with E-state index in [0.29, 0.717) is 6.42 Å².